The van der Waals surface area contributed by atoms with Crippen molar-refractivity contribution in [3.05, 3.63) is 0 Å². The Balaban J connectivity index is 2.21. The molecular formula is C11H24N2O. The molecule has 0 amide bonds. The van der Waals surface area contributed by atoms with Gasteiger partial charge in [0, 0.05) is 31.2 Å². The largest absolute Gasteiger partial charge is 0.379 e. The maximum Gasteiger partial charge on any atom is 0.0594 e. The van der Waals surface area contributed by atoms with Gasteiger partial charge in [0.05, 0.1) is 13.2 Å². The lowest BCUT2D eigenvalue weighted by atomic mass is 10.1. The summed E-state index contributed by atoms with van der Waals surface area (Å²) in [6.07, 6.45) is 0. The van der Waals surface area contributed by atoms with E-state index in [0.29, 0.717) is 6.04 Å². The zero-order valence-corrected chi connectivity index (χ0v) is 9.97. The monoisotopic (exact) mass is 200 g/mol. The molecule has 3 nitrogen and oxygen atoms in total. The number of rotatable bonds is 3. The van der Waals surface area contributed by atoms with Crippen LogP contribution in [0.25, 0.3) is 0 Å². The molecule has 1 heterocycles. The number of hydrogen-bond acceptors (Lipinski definition) is 3. The average Bonchev–Trinajstić information content (AvgIpc) is 2.02. The van der Waals surface area contributed by atoms with Crippen LogP contribution in [-0.2, 0) is 4.74 Å². The van der Waals surface area contributed by atoms with Gasteiger partial charge in [0.15, 0.2) is 0 Å². The van der Waals surface area contributed by atoms with Gasteiger partial charge in [-0.1, -0.05) is 0 Å². The van der Waals surface area contributed by atoms with E-state index in [1.807, 2.05) is 0 Å². The molecule has 0 bridgehead atoms. The molecule has 14 heavy (non-hydrogen) atoms. The highest BCUT2D eigenvalue weighted by Crippen LogP contribution is 2.04. The Labute approximate surface area is 87.8 Å². The van der Waals surface area contributed by atoms with E-state index < -0.39 is 0 Å². The SMILES string of the molecule is CC(CN1CCOCC1)NC(C)(C)C. The van der Waals surface area contributed by atoms with Crippen LogP contribution in [-0.4, -0.2) is 49.3 Å². The number of ether oxygens (including phenoxy) is 1. The van der Waals surface area contributed by atoms with Crippen LogP contribution in [0, 0.1) is 0 Å². The van der Waals surface area contributed by atoms with E-state index in [4.69, 9.17) is 4.74 Å². The van der Waals surface area contributed by atoms with Crippen molar-refractivity contribution in [3.63, 3.8) is 0 Å². The highest BCUT2D eigenvalue weighted by atomic mass is 16.5. The fraction of sp³-hybridized carbons (Fsp3) is 1.00. The summed E-state index contributed by atoms with van der Waals surface area (Å²) in [6, 6.07) is 0.549. The first-order chi connectivity index (χ1) is 6.47. The van der Waals surface area contributed by atoms with Gasteiger partial charge in [-0.2, -0.15) is 0 Å². The first-order valence-corrected chi connectivity index (χ1v) is 5.55. The predicted molar refractivity (Wildman–Crippen MR) is 59.6 cm³/mol. The van der Waals surface area contributed by atoms with Crippen molar-refractivity contribution in [2.24, 2.45) is 0 Å². The van der Waals surface area contributed by atoms with E-state index in [-0.39, 0.29) is 5.54 Å². The van der Waals surface area contributed by atoms with Gasteiger partial charge in [-0.05, 0) is 27.7 Å². The van der Waals surface area contributed by atoms with Crippen LogP contribution in [0.4, 0.5) is 0 Å². The van der Waals surface area contributed by atoms with Crippen molar-refractivity contribution in [1.29, 1.82) is 0 Å². The summed E-state index contributed by atoms with van der Waals surface area (Å²) in [5.74, 6) is 0. The summed E-state index contributed by atoms with van der Waals surface area (Å²) in [4.78, 5) is 2.47. The second kappa shape index (κ2) is 5.10. The van der Waals surface area contributed by atoms with Crippen LogP contribution >= 0.6 is 0 Å². The fourth-order valence-electron chi connectivity index (χ4n) is 1.96. The van der Waals surface area contributed by atoms with E-state index in [1.165, 1.54) is 0 Å². The molecule has 1 aliphatic rings. The molecule has 0 aromatic carbocycles. The molecule has 1 aliphatic heterocycles. The van der Waals surface area contributed by atoms with Gasteiger partial charge in [0.2, 0.25) is 0 Å². The molecule has 1 unspecified atom stereocenters. The van der Waals surface area contributed by atoms with E-state index >= 15 is 0 Å². The maximum absolute atomic E-state index is 5.32. The molecule has 84 valence electrons. The highest BCUT2D eigenvalue weighted by molar-refractivity contribution is 4.78. The van der Waals surface area contributed by atoms with Crippen LogP contribution in [0.2, 0.25) is 0 Å². The summed E-state index contributed by atoms with van der Waals surface area (Å²) in [5.41, 5.74) is 0.214. The van der Waals surface area contributed by atoms with Crippen LogP contribution in [0.15, 0.2) is 0 Å². The summed E-state index contributed by atoms with van der Waals surface area (Å²) in [6.45, 7) is 14.0. The smallest absolute Gasteiger partial charge is 0.0594 e. The lowest BCUT2D eigenvalue weighted by Gasteiger charge is -2.32. The molecule has 1 rings (SSSR count). The Hall–Kier alpha value is -0.120. The second-order valence-corrected chi connectivity index (χ2v) is 5.21. The Bertz CT molecular complexity index is 159. The molecule has 0 saturated carbocycles. The normalized spacial score (nSPS) is 22.3. The minimum Gasteiger partial charge on any atom is -0.379 e. The standard InChI is InChI=1S/C11H24N2O/c1-10(12-11(2,3)4)9-13-5-7-14-8-6-13/h10,12H,5-9H2,1-4H3. The first kappa shape index (κ1) is 12.0. The van der Waals surface area contributed by atoms with Crippen molar-refractivity contribution in [2.45, 2.75) is 39.3 Å². The lowest BCUT2D eigenvalue weighted by molar-refractivity contribution is 0.0332. The minimum absolute atomic E-state index is 0.214. The first-order valence-electron chi connectivity index (χ1n) is 5.55. The van der Waals surface area contributed by atoms with Crippen molar-refractivity contribution in [2.75, 3.05) is 32.8 Å². The summed E-state index contributed by atoms with van der Waals surface area (Å²) in [7, 11) is 0. The van der Waals surface area contributed by atoms with Gasteiger partial charge in [-0.15, -0.1) is 0 Å². The van der Waals surface area contributed by atoms with Crippen LogP contribution < -0.4 is 5.32 Å². The van der Waals surface area contributed by atoms with Crippen LogP contribution in [0.3, 0.4) is 0 Å². The van der Waals surface area contributed by atoms with Crippen molar-refractivity contribution < 1.29 is 4.74 Å². The van der Waals surface area contributed by atoms with Gasteiger partial charge in [0.1, 0.15) is 0 Å². The number of morpholine rings is 1. The van der Waals surface area contributed by atoms with E-state index in [1.54, 1.807) is 0 Å². The second-order valence-electron chi connectivity index (χ2n) is 5.21. The Morgan fingerprint density at radius 1 is 1.29 bits per heavy atom. The van der Waals surface area contributed by atoms with Crippen molar-refractivity contribution >= 4 is 0 Å². The van der Waals surface area contributed by atoms with Gasteiger partial charge in [-0.3, -0.25) is 4.90 Å². The zero-order chi connectivity index (χ0) is 10.6. The third kappa shape index (κ3) is 4.94. The van der Waals surface area contributed by atoms with E-state index in [2.05, 4.69) is 37.9 Å². The summed E-state index contributed by atoms with van der Waals surface area (Å²) >= 11 is 0. The van der Waals surface area contributed by atoms with Gasteiger partial charge in [0.25, 0.3) is 0 Å². The summed E-state index contributed by atoms with van der Waals surface area (Å²) < 4.78 is 5.32. The van der Waals surface area contributed by atoms with Gasteiger partial charge >= 0.3 is 0 Å². The molecule has 1 saturated heterocycles. The van der Waals surface area contributed by atoms with Crippen molar-refractivity contribution in [1.82, 2.24) is 10.2 Å². The molecule has 0 radical (unpaired) electrons. The maximum atomic E-state index is 5.32. The number of hydrogen-bond donors (Lipinski definition) is 1. The van der Waals surface area contributed by atoms with Crippen LogP contribution in [0.5, 0.6) is 0 Å². The molecule has 0 spiro atoms. The molecule has 1 atom stereocenters. The number of nitrogens with zero attached hydrogens (tertiary/aromatic N) is 1. The Kier molecular flexibility index (Phi) is 4.35. The number of nitrogens with one attached hydrogen (secondary N) is 1. The molecule has 1 N–H and O–H groups in total. The zero-order valence-electron chi connectivity index (χ0n) is 9.97. The lowest BCUT2D eigenvalue weighted by Crippen LogP contribution is -2.49. The minimum atomic E-state index is 0.214. The third-order valence-electron chi connectivity index (χ3n) is 2.32. The molecule has 1 fully saturated rings. The van der Waals surface area contributed by atoms with Gasteiger partial charge in [-0.25, -0.2) is 0 Å². The fourth-order valence-corrected chi connectivity index (χ4v) is 1.96. The Morgan fingerprint density at radius 2 is 1.86 bits per heavy atom. The predicted octanol–water partition coefficient (Wildman–Crippen LogP) is 1.10. The highest BCUT2D eigenvalue weighted by Gasteiger charge is 2.17. The van der Waals surface area contributed by atoms with Crippen molar-refractivity contribution in [3.8, 4) is 0 Å². The van der Waals surface area contributed by atoms with E-state index in [0.717, 1.165) is 32.8 Å². The molecular weight excluding hydrogens is 176 g/mol. The quantitative estimate of drug-likeness (QED) is 0.738. The van der Waals surface area contributed by atoms with E-state index in [9.17, 15) is 0 Å². The molecule has 0 aliphatic carbocycles. The Morgan fingerprint density at radius 3 is 2.36 bits per heavy atom. The molecule has 0 aromatic rings. The topological polar surface area (TPSA) is 24.5 Å². The molecule has 3 heteroatoms. The molecule has 0 aromatic heterocycles. The van der Waals surface area contributed by atoms with Gasteiger partial charge < -0.3 is 10.1 Å². The summed E-state index contributed by atoms with van der Waals surface area (Å²) in [5, 5.41) is 3.58. The average molecular weight is 200 g/mol. The third-order valence-corrected chi connectivity index (χ3v) is 2.32. The van der Waals surface area contributed by atoms with Crippen LogP contribution in [0.1, 0.15) is 27.7 Å².